The van der Waals surface area contributed by atoms with E-state index in [9.17, 15) is 0 Å². The molecule has 0 spiro atoms. The van der Waals surface area contributed by atoms with Crippen LogP contribution in [0.2, 0.25) is 0 Å². The zero-order valence-electron chi connectivity index (χ0n) is 16.8. The fourth-order valence-corrected chi connectivity index (χ4v) is 4.02. The summed E-state index contributed by atoms with van der Waals surface area (Å²) >= 11 is 1.77. The topological polar surface area (TPSA) is 52.6 Å². The van der Waals surface area contributed by atoms with Gasteiger partial charge >= 0.3 is 0 Å². The Kier molecular flexibility index (Phi) is 11.5. The molecule has 1 fully saturated rings. The number of thiazole rings is 1. The van der Waals surface area contributed by atoms with E-state index < -0.39 is 0 Å². The molecular weight excluding hydrogens is 457 g/mol. The molecule has 26 heavy (non-hydrogen) atoms. The van der Waals surface area contributed by atoms with E-state index in [-0.39, 0.29) is 24.0 Å². The maximum Gasteiger partial charge on any atom is 0.191 e. The van der Waals surface area contributed by atoms with Crippen molar-refractivity contribution in [2.45, 2.75) is 65.3 Å². The fraction of sp³-hybridized carbons (Fsp3) is 0.789. The molecule has 2 heterocycles. The average Bonchev–Trinajstić information content (AvgIpc) is 3.24. The van der Waals surface area contributed by atoms with Crippen molar-refractivity contribution in [3.05, 3.63) is 11.1 Å². The molecule has 0 radical (unpaired) electrons. The first-order valence-corrected chi connectivity index (χ1v) is 10.6. The molecule has 1 saturated heterocycles. The van der Waals surface area contributed by atoms with Gasteiger partial charge in [0.15, 0.2) is 11.1 Å². The van der Waals surface area contributed by atoms with Gasteiger partial charge in [0, 0.05) is 44.5 Å². The molecule has 0 aliphatic carbocycles. The minimum Gasteiger partial charge on any atom is -0.356 e. The molecule has 5 nitrogen and oxygen atoms in total. The van der Waals surface area contributed by atoms with E-state index in [0.29, 0.717) is 6.04 Å². The van der Waals surface area contributed by atoms with E-state index in [4.69, 9.17) is 4.98 Å². The summed E-state index contributed by atoms with van der Waals surface area (Å²) in [6.45, 7) is 9.99. The molecule has 1 aliphatic heterocycles. The van der Waals surface area contributed by atoms with Crippen molar-refractivity contribution in [1.82, 2.24) is 15.6 Å². The number of nitrogens with zero attached hydrogens (tertiary/aromatic N) is 3. The van der Waals surface area contributed by atoms with Crippen LogP contribution in [0, 0.1) is 5.92 Å². The first-order valence-electron chi connectivity index (χ1n) is 9.75. The molecule has 1 atom stereocenters. The van der Waals surface area contributed by atoms with Crippen LogP contribution in [0.25, 0.3) is 0 Å². The van der Waals surface area contributed by atoms with Gasteiger partial charge in [0.05, 0.1) is 5.69 Å². The summed E-state index contributed by atoms with van der Waals surface area (Å²) in [5, 5.41) is 10.3. The second-order valence-electron chi connectivity index (χ2n) is 7.43. The Labute approximate surface area is 180 Å². The number of nitrogens with one attached hydrogen (secondary N) is 2. The van der Waals surface area contributed by atoms with Crippen LogP contribution in [0.5, 0.6) is 0 Å². The first kappa shape index (κ1) is 23.5. The second-order valence-corrected chi connectivity index (χ2v) is 8.27. The number of guanidine groups is 1. The van der Waals surface area contributed by atoms with Crippen molar-refractivity contribution in [3.8, 4) is 0 Å². The number of hydrogen-bond donors (Lipinski definition) is 2. The molecule has 7 heteroatoms. The van der Waals surface area contributed by atoms with Crippen molar-refractivity contribution < 1.29 is 0 Å². The lowest BCUT2D eigenvalue weighted by atomic mass is 10.0. The van der Waals surface area contributed by atoms with Crippen molar-refractivity contribution in [1.29, 1.82) is 0 Å². The molecule has 0 amide bonds. The van der Waals surface area contributed by atoms with Crippen molar-refractivity contribution in [2.75, 3.05) is 31.6 Å². The van der Waals surface area contributed by atoms with Crippen molar-refractivity contribution >= 4 is 46.4 Å². The Morgan fingerprint density at radius 1 is 1.27 bits per heavy atom. The van der Waals surface area contributed by atoms with E-state index in [2.05, 4.69) is 46.7 Å². The first-order chi connectivity index (χ1) is 12.1. The summed E-state index contributed by atoms with van der Waals surface area (Å²) in [7, 11) is 1.84. The van der Waals surface area contributed by atoms with E-state index in [0.717, 1.165) is 37.9 Å². The molecule has 0 aromatic carbocycles. The van der Waals surface area contributed by atoms with Gasteiger partial charge in [-0.25, -0.2) is 4.98 Å². The Balaban J connectivity index is 0.00000338. The maximum atomic E-state index is 4.78. The van der Waals surface area contributed by atoms with Crippen LogP contribution in [0.1, 0.15) is 58.6 Å². The standard InChI is InChI=1S/C19H35N5S.HI/c1-15(2)8-7-9-16(3)22-18(20-4)21-11-10-17-14-25-19(23-17)24-12-5-6-13-24;/h14-16H,5-13H2,1-4H3,(H2,20,21,22);1H. The Morgan fingerprint density at radius 2 is 2.00 bits per heavy atom. The summed E-state index contributed by atoms with van der Waals surface area (Å²) < 4.78 is 0. The predicted molar refractivity (Wildman–Crippen MR) is 125 cm³/mol. The lowest BCUT2D eigenvalue weighted by molar-refractivity contribution is 0.491. The number of halogens is 1. The Bertz CT molecular complexity index is 526. The quantitative estimate of drug-likeness (QED) is 0.306. The van der Waals surface area contributed by atoms with Crippen LogP contribution in [0.3, 0.4) is 0 Å². The SMILES string of the molecule is CN=C(NCCc1csc(N2CCCC2)n1)NC(C)CCCC(C)C.I. The zero-order chi connectivity index (χ0) is 18.1. The molecule has 1 aromatic heterocycles. The Hall–Kier alpha value is -0.570. The van der Waals surface area contributed by atoms with Gasteiger partial charge in [-0.15, -0.1) is 35.3 Å². The highest BCUT2D eigenvalue weighted by molar-refractivity contribution is 14.0. The smallest absolute Gasteiger partial charge is 0.191 e. The van der Waals surface area contributed by atoms with Crippen LogP contribution >= 0.6 is 35.3 Å². The van der Waals surface area contributed by atoms with Gasteiger partial charge in [-0.2, -0.15) is 0 Å². The minimum atomic E-state index is 0. The van der Waals surface area contributed by atoms with Crippen LogP contribution < -0.4 is 15.5 Å². The van der Waals surface area contributed by atoms with Gasteiger partial charge in [-0.3, -0.25) is 4.99 Å². The summed E-state index contributed by atoms with van der Waals surface area (Å²) in [6, 6.07) is 0.450. The highest BCUT2D eigenvalue weighted by Crippen LogP contribution is 2.24. The average molecular weight is 494 g/mol. The largest absolute Gasteiger partial charge is 0.356 e. The van der Waals surface area contributed by atoms with Gasteiger partial charge in [0.2, 0.25) is 0 Å². The molecule has 0 bridgehead atoms. The third kappa shape index (κ3) is 8.41. The minimum absolute atomic E-state index is 0. The zero-order valence-corrected chi connectivity index (χ0v) is 19.9. The monoisotopic (exact) mass is 493 g/mol. The normalized spacial score (nSPS) is 15.9. The summed E-state index contributed by atoms with van der Waals surface area (Å²) in [4.78, 5) is 11.5. The van der Waals surface area contributed by atoms with Crippen molar-refractivity contribution in [2.24, 2.45) is 10.9 Å². The molecule has 1 aromatic rings. The number of aromatic nitrogens is 1. The van der Waals surface area contributed by atoms with Crippen LogP contribution in [-0.2, 0) is 6.42 Å². The van der Waals surface area contributed by atoms with Gasteiger partial charge in [-0.1, -0.05) is 26.7 Å². The molecule has 0 saturated carbocycles. The van der Waals surface area contributed by atoms with Crippen molar-refractivity contribution in [3.63, 3.8) is 0 Å². The molecule has 150 valence electrons. The molecule has 2 N–H and O–H groups in total. The van der Waals surface area contributed by atoms with Gasteiger partial charge < -0.3 is 15.5 Å². The number of aliphatic imine (C=N–C) groups is 1. The predicted octanol–water partition coefficient (Wildman–Crippen LogP) is 4.28. The van der Waals surface area contributed by atoms with E-state index >= 15 is 0 Å². The van der Waals surface area contributed by atoms with E-state index in [1.165, 1.54) is 42.9 Å². The third-order valence-electron chi connectivity index (χ3n) is 4.62. The Morgan fingerprint density at radius 3 is 2.65 bits per heavy atom. The molecule has 1 unspecified atom stereocenters. The van der Waals surface area contributed by atoms with Gasteiger partial charge in [0.1, 0.15) is 0 Å². The highest BCUT2D eigenvalue weighted by Gasteiger charge is 2.15. The second kappa shape index (κ2) is 12.8. The lowest BCUT2D eigenvalue weighted by Gasteiger charge is -2.18. The van der Waals surface area contributed by atoms with Crippen LogP contribution in [0.15, 0.2) is 10.4 Å². The highest BCUT2D eigenvalue weighted by atomic mass is 127. The fourth-order valence-electron chi connectivity index (χ4n) is 3.11. The van der Waals surface area contributed by atoms with Crippen LogP contribution in [-0.4, -0.2) is 43.7 Å². The lowest BCUT2D eigenvalue weighted by Crippen LogP contribution is -2.42. The van der Waals surface area contributed by atoms with Gasteiger partial charge in [0.25, 0.3) is 0 Å². The summed E-state index contributed by atoms with van der Waals surface area (Å²) in [5.41, 5.74) is 1.18. The van der Waals surface area contributed by atoms with Gasteiger partial charge in [-0.05, 0) is 32.1 Å². The molecule has 2 rings (SSSR count). The summed E-state index contributed by atoms with van der Waals surface area (Å²) in [6.07, 6.45) is 7.28. The van der Waals surface area contributed by atoms with Crippen LogP contribution in [0.4, 0.5) is 5.13 Å². The molecular formula is C19H36IN5S. The number of rotatable bonds is 9. The number of anilines is 1. The summed E-state index contributed by atoms with van der Waals surface area (Å²) in [5.74, 6) is 1.68. The third-order valence-corrected chi connectivity index (χ3v) is 5.57. The number of hydrogen-bond acceptors (Lipinski definition) is 4. The molecule has 1 aliphatic rings. The van der Waals surface area contributed by atoms with E-state index in [1.54, 1.807) is 11.3 Å². The maximum absolute atomic E-state index is 4.78. The van der Waals surface area contributed by atoms with E-state index in [1.807, 2.05) is 7.05 Å².